The van der Waals surface area contributed by atoms with E-state index in [1.54, 1.807) is 0 Å². The van der Waals surface area contributed by atoms with Gasteiger partial charge in [0.05, 0.1) is 11.5 Å². The standard InChI is InChI=1S/C13H11N5O2S3/c19-9(14-8-4-2-1-3-5-8)7-22-13-18-17-12(23-13)16-11-15-10(20)6-21-11/h1-5H,6-7H2,(H,14,19)(H,15,16,17,20). The smallest absolute Gasteiger partial charge is 0.236 e. The fourth-order valence-corrected chi connectivity index (χ4v) is 3.88. The van der Waals surface area contributed by atoms with Crippen LogP contribution in [0.4, 0.5) is 10.8 Å². The van der Waals surface area contributed by atoms with Crippen LogP contribution in [0.15, 0.2) is 39.7 Å². The lowest BCUT2D eigenvalue weighted by molar-refractivity contribution is -0.117. The molecule has 0 spiro atoms. The molecule has 0 bridgehead atoms. The molecule has 1 aromatic heterocycles. The summed E-state index contributed by atoms with van der Waals surface area (Å²) >= 11 is 3.91. The number of amidine groups is 1. The first-order valence-corrected chi connectivity index (χ1v) is 9.30. The number of aliphatic imine (C=N–C) groups is 1. The van der Waals surface area contributed by atoms with Crippen molar-refractivity contribution < 1.29 is 9.59 Å². The molecular formula is C13H11N5O2S3. The maximum absolute atomic E-state index is 11.9. The lowest BCUT2D eigenvalue weighted by atomic mass is 10.3. The van der Waals surface area contributed by atoms with Gasteiger partial charge in [-0.25, -0.2) is 0 Å². The van der Waals surface area contributed by atoms with Crippen LogP contribution in [0.1, 0.15) is 0 Å². The highest BCUT2D eigenvalue weighted by atomic mass is 32.2. The Morgan fingerprint density at radius 2 is 2.17 bits per heavy atom. The molecule has 2 amide bonds. The molecule has 3 rings (SSSR count). The lowest BCUT2D eigenvalue weighted by Gasteiger charge is -2.02. The zero-order valence-corrected chi connectivity index (χ0v) is 14.1. The number of nitrogens with zero attached hydrogens (tertiary/aromatic N) is 3. The van der Waals surface area contributed by atoms with Crippen molar-refractivity contribution in [3.8, 4) is 0 Å². The molecule has 2 N–H and O–H groups in total. The second-order valence-electron chi connectivity index (χ2n) is 4.31. The van der Waals surface area contributed by atoms with Gasteiger partial charge in [0.1, 0.15) is 0 Å². The van der Waals surface area contributed by atoms with E-state index in [1.807, 2.05) is 30.3 Å². The van der Waals surface area contributed by atoms with Gasteiger partial charge in [-0.3, -0.25) is 9.59 Å². The van der Waals surface area contributed by atoms with Crippen molar-refractivity contribution in [3.05, 3.63) is 30.3 Å². The highest BCUT2D eigenvalue weighted by molar-refractivity contribution is 8.15. The molecule has 0 unspecified atom stereocenters. The number of rotatable bonds is 5. The molecule has 0 atom stereocenters. The van der Waals surface area contributed by atoms with E-state index in [1.165, 1.54) is 34.9 Å². The number of carbonyl (C=O) groups excluding carboxylic acids is 2. The molecule has 23 heavy (non-hydrogen) atoms. The Kier molecular flexibility index (Phi) is 5.26. The van der Waals surface area contributed by atoms with Gasteiger partial charge in [0.15, 0.2) is 9.51 Å². The van der Waals surface area contributed by atoms with Gasteiger partial charge in [-0.2, -0.15) is 4.99 Å². The van der Waals surface area contributed by atoms with Crippen molar-refractivity contribution in [2.45, 2.75) is 4.34 Å². The molecule has 2 aromatic rings. The van der Waals surface area contributed by atoms with Crippen LogP contribution in [-0.2, 0) is 9.59 Å². The maximum atomic E-state index is 11.9. The van der Waals surface area contributed by atoms with Crippen LogP contribution in [0, 0.1) is 0 Å². The van der Waals surface area contributed by atoms with Crippen molar-refractivity contribution in [3.63, 3.8) is 0 Å². The number of carbonyl (C=O) groups is 2. The molecule has 0 aliphatic carbocycles. The van der Waals surface area contributed by atoms with Crippen molar-refractivity contribution in [2.24, 2.45) is 4.99 Å². The fourth-order valence-electron chi connectivity index (χ4n) is 1.62. The summed E-state index contributed by atoms with van der Waals surface area (Å²) in [7, 11) is 0. The molecule has 1 fully saturated rings. The summed E-state index contributed by atoms with van der Waals surface area (Å²) in [5.74, 6) is 0.443. The molecular weight excluding hydrogens is 354 g/mol. The van der Waals surface area contributed by atoms with E-state index in [0.29, 0.717) is 20.4 Å². The molecule has 0 radical (unpaired) electrons. The Morgan fingerprint density at radius 3 is 2.91 bits per heavy atom. The van der Waals surface area contributed by atoms with E-state index in [0.717, 1.165) is 5.69 Å². The first-order valence-electron chi connectivity index (χ1n) is 6.51. The summed E-state index contributed by atoms with van der Waals surface area (Å²) in [6.45, 7) is 0. The number of amides is 2. The Bertz CT molecular complexity index is 747. The summed E-state index contributed by atoms with van der Waals surface area (Å²) in [5, 5.41) is 14.3. The predicted octanol–water partition coefficient (Wildman–Crippen LogP) is 2.12. The normalized spacial score (nSPS) is 15.7. The first-order chi connectivity index (χ1) is 11.2. The van der Waals surface area contributed by atoms with Crippen LogP contribution in [-0.4, -0.2) is 38.7 Å². The van der Waals surface area contributed by atoms with Crippen LogP contribution < -0.4 is 10.6 Å². The SMILES string of the molecule is O=C1CS/C(=N/c2nnc(SCC(=O)Nc3ccccc3)s2)N1. The lowest BCUT2D eigenvalue weighted by Crippen LogP contribution is -2.19. The average molecular weight is 365 g/mol. The minimum Gasteiger partial charge on any atom is -0.325 e. The van der Waals surface area contributed by atoms with Gasteiger partial charge >= 0.3 is 0 Å². The minimum absolute atomic E-state index is 0.0644. The van der Waals surface area contributed by atoms with E-state index in [-0.39, 0.29) is 17.6 Å². The minimum atomic E-state index is -0.108. The summed E-state index contributed by atoms with van der Waals surface area (Å²) < 4.78 is 0.655. The fraction of sp³-hybridized carbons (Fsp3) is 0.154. The topological polar surface area (TPSA) is 96.3 Å². The number of hydrogen-bond acceptors (Lipinski definition) is 8. The van der Waals surface area contributed by atoms with Gasteiger partial charge in [-0.15, -0.1) is 10.2 Å². The number of thioether (sulfide) groups is 2. The van der Waals surface area contributed by atoms with Gasteiger partial charge in [0, 0.05) is 5.69 Å². The Morgan fingerprint density at radius 1 is 1.35 bits per heavy atom. The third-order valence-electron chi connectivity index (χ3n) is 2.56. The highest BCUT2D eigenvalue weighted by Crippen LogP contribution is 2.28. The number of benzene rings is 1. The quantitative estimate of drug-likeness (QED) is 0.788. The summed E-state index contributed by atoms with van der Waals surface area (Å²) in [4.78, 5) is 27.1. The van der Waals surface area contributed by atoms with Crippen LogP contribution in [0.25, 0.3) is 0 Å². The summed E-state index contributed by atoms with van der Waals surface area (Å²) in [5.41, 5.74) is 0.761. The number of hydrogen-bond donors (Lipinski definition) is 2. The molecule has 10 heteroatoms. The zero-order valence-electron chi connectivity index (χ0n) is 11.7. The highest BCUT2D eigenvalue weighted by Gasteiger charge is 2.17. The summed E-state index contributed by atoms with van der Waals surface area (Å²) in [6, 6.07) is 9.27. The molecule has 1 saturated heterocycles. The van der Waals surface area contributed by atoms with E-state index < -0.39 is 0 Å². The molecule has 2 heterocycles. The van der Waals surface area contributed by atoms with E-state index in [4.69, 9.17) is 0 Å². The van der Waals surface area contributed by atoms with Crippen LogP contribution in [0.2, 0.25) is 0 Å². The Balaban J connectivity index is 1.51. The molecule has 1 aromatic carbocycles. The van der Waals surface area contributed by atoms with Crippen LogP contribution in [0.5, 0.6) is 0 Å². The first kappa shape index (κ1) is 16.0. The molecule has 0 saturated carbocycles. The largest absolute Gasteiger partial charge is 0.325 e. The van der Waals surface area contributed by atoms with Crippen molar-refractivity contribution in [2.75, 3.05) is 16.8 Å². The predicted molar refractivity (Wildman–Crippen MR) is 93.4 cm³/mol. The van der Waals surface area contributed by atoms with Gasteiger partial charge in [-0.05, 0) is 12.1 Å². The number of para-hydroxylation sites is 1. The van der Waals surface area contributed by atoms with Crippen LogP contribution in [0.3, 0.4) is 0 Å². The molecule has 1 aliphatic rings. The second-order valence-corrected chi connectivity index (χ2v) is 7.45. The monoisotopic (exact) mass is 365 g/mol. The van der Waals surface area contributed by atoms with E-state index >= 15 is 0 Å². The Labute approximate surface area is 144 Å². The number of anilines is 1. The maximum Gasteiger partial charge on any atom is 0.236 e. The van der Waals surface area contributed by atoms with Gasteiger partial charge in [-0.1, -0.05) is 53.1 Å². The van der Waals surface area contributed by atoms with Crippen molar-refractivity contribution in [1.82, 2.24) is 15.5 Å². The van der Waals surface area contributed by atoms with Gasteiger partial charge in [0.25, 0.3) is 0 Å². The van der Waals surface area contributed by atoms with Crippen molar-refractivity contribution >= 4 is 62.7 Å². The summed E-state index contributed by atoms with van der Waals surface area (Å²) in [6.07, 6.45) is 0. The zero-order chi connectivity index (χ0) is 16.1. The molecule has 7 nitrogen and oxygen atoms in total. The Hall–Kier alpha value is -1.91. The molecule has 1 aliphatic heterocycles. The van der Waals surface area contributed by atoms with Crippen LogP contribution >= 0.6 is 34.9 Å². The number of aromatic nitrogens is 2. The second kappa shape index (κ2) is 7.57. The van der Waals surface area contributed by atoms with E-state index in [9.17, 15) is 9.59 Å². The van der Waals surface area contributed by atoms with E-state index in [2.05, 4.69) is 25.8 Å². The van der Waals surface area contributed by atoms with Gasteiger partial charge < -0.3 is 10.6 Å². The molecule has 118 valence electrons. The number of nitrogens with one attached hydrogen (secondary N) is 2. The van der Waals surface area contributed by atoms with Gasteiger partial charge in [0.2, 0.25) is 16.9 Å². The third-order valence-corrected chi connectivity index (χ3v) is 5.39. The van der Waals surface area contributed by atoms with Crippen molar-refractivity contribution in [1.29, 1.82) is 0 Å². The average Bonchev–Trinajstić information content (AvgIpc) is 3.16. The third kappa shape index (κ3) is 4.78.